The Hall–Kier alpha value is -1.32. The first kappa shape index (κ1) is 12.7. The van der Waals surface area contributed by atoms with Crippen molar-refractivity contribution in [3.8, 4) is 0 Å². The van der Waals surface area contributed by atoms with E-state index in [9.17, 15) is 0 Å². The largest absolute Gasteiger partial charge is 0.461 e. The Morgan fingerprint density at radius 2 is 2.11 bits per heavy atom. The molecule has 2 atom stereocenters. The van der Waals surface area contributed by atoms with E-state index in [4.69, 9.17) is 4.42 Å². The lowest BCUT2D eigenvalue weighted by molar-refractivity contribution is 0.138. The summed E-state index contributed by atoms with van der Waals surface area (Å²) >= 11 is 0. The number of benzene rings is 1. The van der Waals surface area contributed by atoms with Crippen molar-refractivity contribution in [1.82, 2.24) is 10.2 Å². The molecule has 1 fully saturated rings. The Kier molecular flexibility index (Phi) is 3.33. The van der Waals surface area contributed by atoms with E-state index in [2.05, 4.69) is 49.2 Å². The summed E-state index contributed by atoms with van der Waals surface area (Å²) < 4.78 is 5.86. The van der Waals surface area contributed by atoms with Gasteiger partial charge in [-0.2, -0.15) is 0 Å². The smallest absolute Gasteiger partial charge is 0.134 e. The summed E-state index contributed by atoms with van der Waals surface area (Å²) in [6.07, 6.45) is 0. The number of piperazine rings is 1. The van der Waals surface area contributed by atoms with Gasteiger partial charge in [0.15, 0.2) is 0 Å². The zero-order valence-corrected chi connectivity index (χ0v) is 11.9. The van der Waals surface area contributed by atoms with Crippen molar-refractivity contribution in [2.75, 3.05) is 13.1 Å². The lowest BCUT2D eigenvalue weighted by Crippen LogP contribution is -2.53. The molecule has 2 aromatic rings. The molecule has 2 heterocycles. The number of hydrogen-bond donors (Lipinski definition) is 1. The number of fused-ring (bicyclic) bond motifs is 1. The first-order chi connectivity index (χ1) is 9.15. The van der Waals surface area contributed by atoms with Crippen molar-refractivity contribution in [1.29, 1.82) is 0 Å². The molecule has 1 aromatic heterocycles. The molecule has 1 N–H and O–H groups in total. The molecule has 3 rings (SSSR count). The van der Waals surface area contributed by atoms with Crippen LogP contribution in [0.15, 0.2) is 28.7 Å². The van der Waals surface area contributed by atoms with Crippen LogP contribution < -0.4 is 5.32 Å². The number of para-hydroxylation sites is 1. The van der Waals surface area contributed by atoms with Gasteiger partial charge in [0, 0.05) is 42.7 Å². The SMILES string of the molecule is Cc1oc2ccccc2c1CN1CC(C)NCC1C. The van der Waals surface area contributed by atoms with Gasteiger partial charge >= 0.3 is 0 Å². The maximum Gasteiger partial charge on any atom is 0.134 e. The highest BCUT2D eigenvalue weighted by molar-refractivity contribution is 5.82. The monoisotopic (exact) mass is 258 g/mol. The van der Waals surface area contributed by atoms with Crippen LogP contribution in [0.5, 0.6) is 0 Å². The third-order valence-corrected chi connectivity index (χ3v) is 4.15. The summed E-state index contributed by atoms with van der Waals surface area (Å²) in [5.74, 6) is 1.06. The van der Waals surface area contributed by atoms with E-state index >= 15 is 0 Å². The van der Waals surface area contributed by atoms with Gasteiger partial charge in [0.2, 0.25) is 0 Å². The Morgan fingerprint density at radius 1 is 1.32 bits per heavy atom. The number of hydrogen-bond acceptors (Lipinski definition) is 3. The van der Waals surface area contributed by atoms with Crippen LogP contribution in [-0.4, -0.2) is 30.1 Å². The topological polar surface area (TPSA) is 28.4 Å². The zero-order chi connectivity index (χ0) is 13.4. The standard InChI is InChI=1S/C16H22N2O/c1-11-9-18(12(2)8-17-11)10-15-13(3)19-16-7-5-4-6-14(15)16/h4-7,11-12,17H,8-10H2,1-3H3. The number of aryl methyl sites for hydroxylation is 1. The van der Waals surface area contributed by atoms with Crippen LogP contribution >= 0.6 is 0 Å². The normalized spacial score (nSPS) is 25.0. The van der Waals surface area contributed by atoms with Gasteiger partial charge in [-0.05, 0) is 26.8 Å². The van der Waals surface area contributed by atoms with Crippen LogP contribution in [0.4, 0.5) is 0 Å². The van der Waals surface area contributed by atoms with Gasteiger partial charge in [-0.1, -0.05) is 18.2 Å². The predicted molar refractivity (Wildman–Crippen MR) is 78.3 cm³/mol. The van der Waals surface area contributed by atoms with Gasteiger partial charge in [0.1, 0.15) is 11.3 Å². The van der Waals surface area contributed by atoms with E-state index in [1.165, 1.54) is 10.9 Å². The second-order valence-electron chi connectivity index (χ2n) is 5.72. The maximum atomic E-state index is 5.86. The lowest BCUT2D eigenvalue weighted by Gasteiger charge is -2.37. The minimum absolute atomic E-state index is 0.565. The molecule has 19 heavy (non-hydrogen) atoms. The fourth-order valence-electron chi connectivity index (χ4n) is 2.94. The van der Waals surface area contributed by atoms with Crippen molar-refractivity contribution in [2.45, 2.75) is 39.4 Å². The molecular formula is C16H22N2O. The Bertz CT molecular complexity index is 575. The fourth-order valence-corrected chi connectivity index (χ4v) is 2.94. The van der Waals surface area contributed by atoms with Gasteiger partial charge < -0.3 is 9.73 Å². The average Bonchev–Trinajstić information content (AvgIpc) is 2.71. The van der Waals surface area contributed by atoms with Crippen LogP contribution in [0, 0.1) is 6.92 Å². The van der Waals surface area contributed by atoms with Gasteiger partial charge in [-0.3, -0.25) is 4.90 Å². The highest BCUT2D eigenvalue weighted by Crippen LogP contribution is 2.27. The lowest BCUT2D eigenvalue weighted by atomic mass is 10.1. The number of rotatable bonds is 2. The molecule has 1 aliphatic rings. The second kappa shape index (κ2) is 4.99. The van der Waals surface area contributed by atoms with Crippen LogP contribution in [-0.2, 0) is 6.54 Å². The predicted octanol–water partition coefficient (Wildman–Crippen LogP) is 2.92. The number of nitrogens with zero attached hydrogens (tertiary/aromatic N) is 1. The van der Waals surface area contributed by atoms with E-state index < -0.39 is 0 Å². The summed E-state index contributed by atoms with van der Waals surface area (Å²) in [6, 6.07) is 9.47. The van der Waals surface area contributed by atoms with Crippen molar-refractivity contribution in [3.63, 3.8) is 0 Å². The Labute approximate surface area is 114 Å². The molecule has 0 bridgehead atoms. The van der Waals surface area contributed by atoms with E-state index in [0.717, 1.165) is 31.0 Å². The molecular weight excluding hydrogens is 236 g/mol. The van der Waals surface area contributed by atoms with E-state index in [1.807, 2.05) is 6.07 Å². The molecule has 0 saturated carbocycles. The van der Waals surface area contributed by atoms with Crippen molar-refractivity contribution in [3.05, 3.63) is 35.6 Å². The first-order valence-electron chi connectivity index (χ1n) is 7.09. The summed E-state index contributed by atoms with van der Waals surface area (Å²) in [6.45, 7) is 9.76. The van der Waals surface area contributed by atoms with Crippen LogP contribution in [0.3, 0.4) is 0 Å². The van der Waals surface area contributed by atoms with Gasteiger partial charge in [-0.15, -0.1) is 0 Å². The molecule has 0 aliphatic carbocycles. The van der Waals surface area contributed by atoms with Crippen LogP contribution in [0.25, 0.3) is 11.0 Å². The molecule has 102 valence electrons. The molecule has 1 aliphatic heterocycles. The molecule has 0 amide bonds. The van der Waals surface area contributed by atoms with Gasteiger partial charge in [0.25, 0.3) is 0 Å². The van der Waals surface area contributed by atoms with Gasteiger partial charge in [-0.25, -0.2) is 0 Å². The average molecular weight is 258 g/mol. The van der Waals surface area contributed by atoms with Crippen LogP contribution in [0.1, 0.15) is 25.2 Å². The summed E-state index contributed by atoms with van der Waals surface area (Å²) in [7, 11) is 0. The third kappa shape index (κ3) is 2.40. The van der Waals surface area contributed by atoms with Gasteiger partial charge in [0.05, 0.1) is 0 Å². The molecule has 1 aromatic carbocycles. The fraction of sp³-hybridized carbons (Fsp3) is 0.500. The van der Waals surface area contributed by atoms with Crippen molar-refractivity contribution >= 4 is 11.0 Å². The molecule has 0 spiro atoms. The van der Waals surface area contributed by atoms with E-state index in [1.54, 1.807) is 0 Å². The first-order valence-corrected chi connectivity index (χ1v) is 7.09. The quantitative estimate of drug-likeness (QED) is 0.897. The van der Waals surface area contributed by atoms with Crippen molar-refractivity contribution < 1.29 is 4.42 Å². The Morgan fingerprint density at radius 3 is 2.95 bits per heavy atom. The van der Waals surface area contributed by atoms with Crippen LogP contribution in [0.2, 0.25) is 0 Å². The second-order valence-corrected chi connectivity index (χ2v) is 5.72. The highest BCUT2D eigenvalue weighted by atomic mass is 16.3. The third-order valence-electron chi connectivity index (χ3n) is 4.15. The van der Waals surface area contributed by atoms with Crippen molar-refractivity contribution in [2.24, 2.45) is 0 Å². The number of nitrogens with one attached hydrogen (secondary N) is 1. The number of furan rings is 1. The maximum absolute atomic E-state index is 5.86. The molecule has 1 saturated heterocycles. The van der Waals surface area contributed by atoms with E-state index in [0.29, 0.717) is 12.1 Å². The molecule has 3 nitrogen and oxygen atoms in total. The molecule has 2 unspecified atom stereocenters. The molecule has 3 heteroatoms. The summed E-state index contributed by atoms with van der Waals surface area (Å²) in [5, 5.41) is 4.79. The molecule has 0 radical (unpaired) electrons. The summed E-state index contributed by atoms with van der Waals surface area (Å²) in [5.41, 5.74) is 2.35. The Balaban J connectivity index is 1.90. The zero-order valence-electron chi connectivity index (χ0n) is 11.9. The minimum atomic E-state index is 0.565. The minimum Gasteiger partial charge on any atom is -0.461 e. The van der Waals surface area contributed by atoms with E-state index in [-0.39, 0.29) is 0 Å². The summed E-state index contributed by atoms with van der Waals surface area (Å²) in [4.78, 5) is 2.55. The highest BCUT2D eigenvalue weighted by Gasteiger charge is 2.24.